The zero-order valence-corrected chi connectivity index (χ0v) is 10.0. The number of nitrogens with two attached hydrogens (primary N) is 1. The fourth-order valence-electron chi connectivity index (χ4n) is 2.05. The molecule has 1 atom stereocenters. The van der Waals surface area contributed by atoms with Crippen molar-refractivity contribution in [1.29, 1.82) is 0 Å². The molecule has 0 amide bonds. The van der Waals surface area contributed by atoms with Crippen LogP contribution in [0.3, 0.4) is 0 Å². The average molecular weight is 274 g/mol. The fraction of sp³-hybridized carbons (Fsp3) is 0.455. The first-order valence-electron chi connectivity index (χ1n) is 4.91. The van der Waals surface area contributed by atoms with Crippen molar-refractivity contribution in [2.45, 2.75) is 31.2 Å². The summed E-state index contributed by atoms with van der Waals surface area (Å²) in [6.07, 6.45) is 1.82. The van der Waals surface area contributed by atoms with Gasteiger partial charge in [0.25, 0.3) is 0 Å². The molecule has 0 heterocycles. The molecular formula is C11H13BrFNO. The lowest BCUT2D eigenvalue weighted by atomic mass is 9.89. The predicted octanol–water partition coefficient (Wildman–Crippen LogP) is 2.67. The number of hydrogen-bond acceptors (Lipinski definition) is 2. The van der Waals surface area contributed by atoms with Crippen molar-refractivity contribution in [3.8, 4) is 5.75 Å². The predicted molar refractivity (Wildman–Crippen MR) is 60.3 cm³/mol. The van der Waals surface area contributed by atoms with Gasteiger partial charge < -0.3 is 10.8 Å². The van der Waals surface area contributed by atoms with Gasteiger partial charge in [-0.05, 0) is 31.9 Å². The molecule has 3 N–H and O–H groups in total. The first-order valence-corrected chi connectivity index (χ1v) is 5.71. The maximum atomic E-state index is 13.3. The van der Waals surface area contributed by atoms with E-state index in [1.807, 2.05) is 6.92 Å². The van der Waals surface area contributed by atoms with Gasteiger partial charge in [-0.25, -0.2) is 4.39 Å². The van der Waals surface area contributed by atoms with E-state index in [1.165, 1.54) is 6.07 Å². The minimum Gasteiger partial charge on any atom is -0.505 e. The van der Waals surface area contributed by atoms with Crippen molar-refractivity contribution in [3.05, 3.63) is 28.0 Å². The summed E-state index contributed by atoms with van der Waals surface area (Å²) in [6, 6.07) is 2.95. The molecule has 0 aliphatic heterocycles. The van der Waals surface area contributed by atoms with Gasteiger partial charge in [0.2, 0.25) is 0 Å². The summed E-state index contributed by atoms with van der Waals surface area (Å²) >= 11 is 3.22. The minimum absolute atomic E-state index is 0.0721. The number of benzene rings is 1. The summed E-state index contributed by atoms with van der Waals surface area (Å²) in [5, 5.41) is 9.70. The Balaban J connectivity index is 2.53. The van der Waals surface area contributed by atoms with Gasteiger partial charge in [0.1, 0.15) is 0 Å². The third kappa shape index (κ3) is 1.66. The number of rotatable bonds is 2. The van der Waals surface area contributed by atoms with Crippen LogP contribution in [-0.2, 0) is 5.41 Å². The molecule has 1 aliphatic rings. The van der Waals surface area contributed by atoms with Crippen LogP contribution in [0, 0.1) is 5.82 Å². The SMILES string of the molecule is CC(N)C1(c2cc(Br)cc(F)c2O)CC1. The molecular weight excluding hydrogens is 261 g/mol. The lowest BCUT2D eigenvalue weighted by Crippen LogP contribution is -2.31. The molecule has 0 bridgehead atoms. The number of hydrogen-bond donors (Lipinski definition) is 2. The number of phenolic OH excluding ortho intramolecular Hbond substituents is 1. The second kappa shape index (κ2) is 3.46. The van der Waals surface area contributed by atoms with E-state index in [-0.39, 0.29) is 17.2 Å². The van der Waals surface area contributed by atoms with Crippen LogP contribution in [0.2, 0.25) is 0 Å². The van der Waals surface area contributed by atoms with Gasteiger partial charge in [0.05, 0.1) is 0 Å². The Hall–Kier alpha value is -0.610. The van der Waals surface area contributed by atoms with E-state index in [0.717, 1.165) is 12.8 Å². The summed E-state index contributed by atoms with van der Waals surface area (Å²) < 4.78 is 14.0. The van der Waals surface area contributed by atoms with E-state index in [0.29, 0.717) is 10.0 Å². The Morgan fingerprint density at radius 2 is 2.13 bits per heavy atom. The highest BCUT2D eigenvalue weighted by Crippen LogP contribution is 2.53. The monoisotopic (exact) mass is 273 g/mol. The Kier molecular flexibility index (Phi) is 2.51. The number of aromatic hydroxyl groups is 1. The van der Waals surface area contributed by atoms with E-state index < -0.39 is 5.82 Å². The summed E-state index contributed by atoms with van der Waals surface area (Å²) in [5.74, 6) is -0.848. The van der Waals surface area contributed by atoms with Gasteiger partial charge in [-0.1, -0.05) is 15.9 Å². The second-order valence-corrected chi connectivity index (χ2v) is 5.14. The van der Waals surface area contributed by atoms with Gasteiger partial charge in [0.15, 0.2) is 11.6 Å². The maximum absolute atomic E-state index is 13.3. The molecule has 1 unspecified atom stereocenters. The summed E-state index contributed by atoms with van der Waals surface area (Å²) in [6.45, 7) is 1.89. The van der Waals surface area contributed by atoms with Gasteiger partial charge >= 0.3 is 0 Å². The van der Waals surface area contributed by atoms with Gasteiger partial charge in [0, 0.05) is 21.5 Å². The van der Waals surface area contributed by atoms with E-state index in [9.17, 15) is 9.50 Å². The van der Waals surface area contributed by atoms with E-state index in [2.05, 4.69) is 15.9 Å². The van der Waals surface area contributed by atoms with Crippen molar-refractivity contribution in [1.82, 2.24) is 0 Å². The van der Waals surface area contributed by atoms with E-state index >= 15 is 0 Å². The highest BCUT2D eigenvalue weighted by molar-refractivity contribution is 9.10. The standard InChI is InChI=1S/C11H13BrFNO/c1-6(14)11(2-3-11)8-4-7(12)5-9(13)10(8)15/h4-6,15H,2-3,14H2,1H3. The summed E-state index contributed by atoms with van der Waals surface area (Å²) in [7, 11) is 0. The average Bonchev–Trinajstić information content (AvgIpc) is 2.91. The van der Waals surface area contributed by atoms with Gasteiger partial charge in [-0.15, -0.1) is 0 Å². The second-order valence-electron chi connectivity index (χ2n) is 4.23. The quantitative estimate of drug-likeness (QED) is 0.871. The molecule has 2 rings (SSSR count). The third-order valence-electron chi connectivity index (χ3n) is 3.22. The largest absolute Gasteiger partial charge is 0.505 e. The van der Waals surface area contributed by atoms with Crippen molar-refractivity contribution >= 4 is 15.9 Å². The Labute approximate surface area is 96.4 Å². The zero-order valence-electron chi connectivity index (χ0n) is 8.43. The van der Waals surface area contributed by atoms with Crippen LogP contribution in [0.4, 0.5) is 4.39 Å². The zero-order chi connectivity index (χ0) is 11.2. The van der Waals surface area contributed by atoms with Crippen LogP contribution < -0.4 is 5.73 Å². The number of halogens is 2. The Bertz CT molecular complexity index is 402. The van der Waals surface area contributed by atoms with Crippen LogP contribution in [0.15, 0.2) is 16.6 Å². The molecule has 0 aromatic heterocycles. The molecule has 1 fully saturated rings. The first-order chi connectivity index (χ1) is 6.97. The number of phenols is 1. The molecule has 0 spiro atoms. The smallest absolute Gasteiger partial charge is 0.166 e. The third-order valence-corrected chi connectivity index (χ3v) is 3.68. The highest BCUT2D eigenvalue weighted by atomic mass is 79.9. The molecule has 15 heavy (non-hydrogen) atoms. The molecule has 2 nitrogen and oxygen atoms in total. The molecule has 1 saturated carbocycles. The molecule has 1 aromatic carbocycles. The van der Waals surface area contributed by atoms with E-state index in [4.69, 9.17) is 5.73 Å². The molecule has 4 heteroatoms. The van der Waals surface area contributed by atoms with Crippen molar-refractivity contribution < 1.29 is 9.50 Å². The van der Waals surface area contributed by atoms with Crippen molar-refractivity contribution in [2.75, 3.05) is 0 Å². The minimum atomic E-state index is -0.591. The van der Waals surface area contributed by atoms with Crippen molar-refractivity contribution in [3.63, 3.8) is 0 Å². The van der Waals surface area contributed by atoms with E-state index in [1.54, 1.807) is 6.07 Å². The van der Waals surface area contributed by atoms with Crippen LogP contribution in [0.1, 0.15) is 25.3 Å². The lowest BCUT2D eigenvalue weighted by molar-refractivity contribution is 0.410. The van der Waals surface area contributed by atoms with Crippen LogP contribution in [0.5, 0.6) is 5.75 Å². The fourth-order valence-corrected chi connectivity index (χ4v) is 2.48. The Morgan fingerprint density at radius 3 is 2.60 bits per heavy atom. The van der Waals surface area contributed by atoms with Gasteiger partial charge in [-0.3, -0.25) is 0 Å². The highest BCUT2D eigenvalue weighted by Gasteiger charge is 2.49. The summed E-state index contributed by atoms with van der Waals surface area (Å²) in [4.78, 5) is 0. The van der Waals surface area contributed by atoms with Crippen molar-refractivity contribution in [2.24, 2.45) is 5.73 Å². The molecule has 1 aliphatic carbocycles. The van der Waals surface area contributed by atoms with Crippen LogP contribution in [-0.4, -0.2) is 11.1 Å². The normalized spacial score (nSPS) is 20.0. The topological polar surface area (TPSA) is 46.2 Å². The first kappa shape index (κ1) is 10.9. The molecule has 82 valence electrons. The maximum Gasteiger partial charge on any atom is 0.166 e. The van der Waals surface area contributed by atoms with Crippen LogP contribution >= 0.6 is 15.9 Å². The van der Waals surface area contributed by atoms with Crippen LogP contribution in [0.25, 0.3) is 0 Å². The lowest BCUT2D eigenvalue weighted by Gasteiger charge is -2.21. The molecule has 0 saturated heterocycles. The summed E-state index contributed by atoms with van der Waals surface area (Å²) in [5.41, 5.74) is 6.29. The molecule has 1 aromatic rings. The Morgan fingerprint density at radius 1 is 1.53 bits per heavy atom. The van der Waals surface area contributed by atoms with Gasteiger partial charge in [-0.2, -0.15) is 0 Å². The molecule has 0 radical (unpaired) electrons.